The zero-order chi connectivity index (χ0) is 15.1. The number of nitrogens with zero attached hydrogens (tertiary/aromatic N) is 1. The van der Waals surface area contributed by atoms with Gasteiger partial charge in [0, 0.05) is 6.07 Å². The van der Waals surface area contributed by atoms with Crippen LogP contribution in [0, 0.1) is 0 Å². The minimum Gasteiger partial charge on any atom is -0.355 e. The molecule has 2 aromatic rings. The summed E-state index contributed by atoms with van der Waals surface area (Å²) in [5.41, 5.74) is -0.574. The summed E-state index contributed by atoms with van der Waals surface area (Å²) in [5, 5.41) is 7.66. The van der Waals surface area contributed by atoms with E-state index in [1.165, 1.54) is 11.3 Å². The molecule has 3 rings (SSSR count). The standard InChI is InChI=1S/C13H11F3N2O2S/c14-13(15,16)7-17-11(19)12(3-4-12)10-6-8(20-18-10)9-2-1-5-21-9/h1-2,5-6H,3-4,7H2,(H,17,19). The normalized spacial score (nSPS) is 16.7. The number of hydrogen-bond donors (Lipinski definition) is 1. The average Bonchev–Trinajstić information content (AvgIpc) is 2.89. The van der Waals surface area contributed by atoms with Crippen molar-refractivity contribution in [2.45, 2.75) is 24.4 Å². The van der Waals surface area contributed by atoms with E-state index in [0.29, 0.717) is 24.3 Å². The summed E-state index contributed by atoms with van der Waals surface area (Å²) in [6.45, 7) is -1.33. The van der Waals surface area contributed by atoms with Crippen LogP contribution >= 0.6 is 11.3 Å². The van der Waals surface area contributed by atoms with Gasteiger partial charge in [-0.15, -0.1) is 11.3 Å². The molecule has 4 nitrogen and oxygen atoms in total. The Labute approximate surface area is 121 Å². The quantitative estimate of drug-likeness (QED) is 0.943. The molecule has 2 heterocycles. The maximum Gasteiger partial charge on any atom is 0.405 e. The fourth-order valence-corrected chi connectivity index (χ4v) is 2.78. The molecule has 1 amide bonds. The van der Waals surface area contributed by atoms with Crippen molar-refractivity contribution >= 4 is 17.2 Å². The van der Waals surface area contributed by atoms with Crippen LogP contribution in [0.3, 0.4) is 0 Å². The van der Waals surface area contributed by atoms with Crippen LogP contribution in [0.4, 0.5) is 13.2 Å². The van der Waals surface area contributed by atoms with Gasteiger partial charge in [0.05, 0.1) is 16.0 Å². The highest BCUT2D eigenvalue weighted by Crippen LogP contribution is 2.48. The summed E-state index contributed by atoms with van der Waals surface area (Å²) in [4.78, 5) is 12.8. The predicted octanol–water partition coefficient (Wildman–Crippen LogP) is 3.11. The number of carbonyl (C=O) groups excluding carboxylic acids is 1. The molecule has 0 spiro atoms. The zero-order valence-electron chi connectivity index (χ0n) is 10.7. The molecule has 2 aromatic heterocycles. The molecule has 0 unspecified atom stereocenters. The first-order valence-corrected chi connectivity index (χ1v) is 7.15. The van der Waals surface area contributed by atoms with Crippen molar-refractivity contribution in [2.75, 3.05) is 6.54 Å². The summed E-state index contributed by atoms with van der Waals surface area (Å²) >= 11 is 1.46. The number of aromatic nitrogens is 1. The molecule has 1 saturated carbocycles. The summed E-state index contributed by atoms with van der Waals surface area (Å²) in [6.07, 6.45) is -3.46. The minimum atomic E-state index is -4.42. The third-order valence-electron chi connectivity index (χ3n) is 3.40. The Balaban J connectivity index is 1.75. The van der Waals surface area contributed by atoms with Gasteiger partial charge in [-0.2, -0.15) is 13.2 Å². The Bertz CT molecular complexity index is 645. The maximum absolute atomic E-state index is 12.2. The van der Waals surface area contributed by atoms with Crippen LogP contribution in [0.15, 0.2) is 28.1 Å². The number of thiophene rings is 1. The van der Waals surface area contributed by atoms with Crippen molar-refractivity contribution in [3.8, 4) is 10.6 Å². The van der Waals surface area contributed by atoms with Gasteiger partial charge in [-0.05, 0) is 24.3 Å². The number of nitrogens with one attached hydrogen (secondary N) is 1. The van der Waals surface area contributed by atoms with Gasteiger partial charge in [0.1, 0.15) is 6.54 Å². The number of hydrogen-bond acceptors (Lipinski definition) is 4. The topological polar surface area (TPSA) is 55.1 Å². The summed E-state index contributed by atoms with van der Waals surface area (Å²) in [5.74, 6) is -0.124. The highest BCUT2D eigenvalue weighted by Gasteiger charge is 2.54. The molecular formula is C13H11F3N2O2S. The molecule has 1 aliphatic rings. The number of halogens is 3. The number of alkyl halides is 3. The van der Waals surface area contributed by atoms with Crippen molar-refractivity contribution in [1.82, 2.24) is 10.5 Å². The first-order chi connectivity index (χ1) is 9.91. The number of carbonyl (C=O) groups is 1. The maximum atomic E-state index is 12.2. The Morgan fingerprint density at radius 3 is 2.81 bits per heavy atom. The van der Waals surface area contributed by atoms with E-state index in [2.05, 4.69) is 5.16 Å². The number of rotatable bonds is 4. The molecule has 0 aliphatic heterocycles. The average molecular weight is 316 g/mol. The van der Waals surface area contributed by atoms with Crippen molar-refractivity contribution < 1.29 is 22.5 Å². The van der Waals surface area contributed by atoms with E-state index in [9.17, 15) is 18.0 Å². The van der Waals surface area contributed by atoms with E-state index in [-0.39, 0.29) is 0 Å². The van der Waals surface area contributed by atoms with Crippen LogP contribution in [0.25, 0.3) is 10.6 Å². The largest absolute Gasteiger partial charge is 0.405 e. The molecule has 112 valence electrons. The second-order valence-electron chi connectivity index (χ2n) is 4.93. The van der Waals surface area contributed by atoms with Gasteiger partial charge in [-0.1, -0.05) is 11.2 Å². The third-order valence-corrected chi connectivity index (χ3v) is 4.28. The summed E-state index contributed by atoms with van der Waals surface area (Å²) < 4.78 is 41.7. The van der Waals surface area contributed by atoms with Gasteiger partial charge in [-0.25, -0.2) is 0 Å². The lowest BCUT2D eigenvalue weighted by molar-refractivity contribution is -0.140. The van der Waals surface area contributed by atoms with Crippen LogP contribution in [0.5, 0.6) is 0 Å². The first-order valence-electron chi connectivity index (χ1n) is 6.27. The fraction of sp³-hybridized carbons (Fsp3) is 0.385. The Kier molecular flexibility index (Phi) is 3.27. The lowest BCUT2D eigenvalue weighted by Gasteiger charge is -2.13. The van der Waals surface area contributed by atoms with Gasteiger partial charge < -0.3 is 9.84 Å². The Morgan fingerprint density at radius 1 is 1.48 bits per heavy atom. The molecule has 1 fully saturated rings. The molecule has 0 aromatic carbocycles. The van der Waals surface area contributed by atoms with Gasteiger partial charge >= 0.3 is 6.18 Å². The second-order valence-corrected chi connectivity index (χ2v) is 5.88. The Hall–Kier alpha value is -1.83. The van der Waals surface area contributed by atoms with Crippen LogP contribution in [-0.4, -0.2) is 23.8 Å². The van der Waals surface area contributed by atoms with Gasteiger partial charge in [0.15, 0.2) is 5.76 Å². The SMILES string of the molecule is O=C(NCC(F)(F)F)C1(c2cc(-c3cccs3)on2)CC1. The predicted molar refractivity (Wildman–Crippen MR) is 69.8 cm³/mol. The number of amides is 1. The van der Waals surface area contributed by atoms with Crippen LogP contribution in [-0.2, 0) is 10.2 Å². The molecule has 0 saturated heterocycles. The monoisotopic (exact) mass is 316 g/mol. The van der Waals surface area contributed by atoms with E-state index in [1.54, 1.807) is 6.07 Å². The van der Waals surface area contributed by atoms with Gasteiger partial charge in [0.2, 0.25) is 5.91 Å². The highest BCUT2D eigenvalue weighted by molar-refractivity contribution is 7.13. The van der Waals surface area contributed by atoms with E-state index in [4.69, 9.17) is 4.52 Å². The lowest BCUT2D eigenvalue weighted by Crippen LogP contribution is -2.40. The zero-order valence-corrected chi connectivity index (χ0v) is 11.6. The highest BCUT2D eigenvalue weighted by atomic mass is 32.1. The van der Waals surface area contributed by atoms with Gasteiger partial charge in [-0.3, -0.25) is 4.79 Å². The van der Waals surface area contributed by atoms with E-state index < -0.39 is 24.0 Å². The third kappa shape index (κ3) is 2.80. The molecule has 8 heteroatoms. The lowest BCUT2D eigenvalue weighted by atomic mass is 10.0. The molecule has 21 heavy (non-hydrogen) atoms. The summed E-state index contributed by atoms with van der Waals surface area (Å²) in [6, 6.07) is 5.33. The minimum absolute atomic E-state index is 0.394. The molecule has 0 bridgehead atoms. The first kappa shape index (κ1) is 14.1. The van der Waals surface area contributed by atoms with E-state index in [0.717, 1.165) is 4.88 Å². The van der Waals surface area contributed by atoms with E-state index >= 15 is 0 Å². The van der Waals surface area contributed by atoms with Crippen LogP contribution in [0.1, 0.15) is 18.5 Å². The molecule has 0 radical (unpaired) electrons. The Morgan fingerprint density at radius 2 is 2.24 bits per heavy atom. The van der Waals surface area contributed by atoms with Crippen molar-refractivity contribution in [3.05, 3.63) is 29.3 Å². The molecular weight excluding hydrogens is 305 g/mol. The van der Waals surface area contributed by atoms with Crippen molar-refractivity contribution in [1.29, 1.82) is 0 Å². The van der Waals surface area contributed by atoms with Gasteiger partial charge in [0.25, 0.3) is 0 Å². The summed E-state index contributed by atoms with van der Waals surface area (Å²) in [7, 11) is 0. The van der Waals surface area contributed by atoms with Crippen molar-refractivity contribution in [3.63, 3.8) is 0 Å². The molecule has 0 atom stereocenters. The fourth-order valence-electron chi connectivity index (χ4n) is 2.11. The molecule has 1 N–H and O–H groups in total. The van der Waals surface area contributed by atoms with Crippen LogP contribution < -0.4 is 5.32 Å². The van der Waals surface area contributed by atoms with E-state index in [1.807, 2.05) is 22.8 Å². The molecule has 1 aliphatic carbocycles. The second kappa shape index (κ2) is 4.87. The van der Waals surface area contributed by atoms with Crippen molar-refractivity contribution in [2.24, 2.45) is 0 Å². The smallest absolute Gasteiger partial charge is 0.355 e. The van der Waals surface area contributed by atoms with Crippen LogP contribution in [0.2, 0.25) is 0 Å².